The van der Waals surface area contributed by atoms with Crippen LogP contribution in [-0.2, 0) is 6.54 Å². The van der Waals surface area contributed by atoms with Crippen LogP contribution in [0.25, 0.3) is 11.1 Å². The number of ketones is 1. The van der Waals surface area contributed by atoms with Crippen LogP contribution in [0.15, 0.2) is 73.1 Å². The first kappa shape index (κ1) is 16.6. The number of nitrogens with zero attached hydrogens (tertiary/aromatic N) is 1. The number of Topliss-reactive ketones (excluding diaryl/α,β-unsaturated/α-hetero) is 1. The lowest BCUT2D eigenvalue weighted by Crippen LogP contribution is -2.22. The number of carbonyl (C=O) groups excluding carboxylic acids is 2. The second-order valence-corrected chi connectivity index (χ2v) is 5.76. The SMILES string of the molecule is CC(=O)c1cccc(-c2cccc(C(=O)NCc3cccnc3)c2)c1. The Bertz CT molecular complexity index is 905. The van der Waals surface area contributed by atoms with Gasteiger partial charge in [-0.25, -0.2) is 0 Å². The summed E-state index contributed by atoms with van der Waals surface area (Å²) in [5.41, 5.74) is 3.99. The summed E-state index contributed by atoms with van der Waals surface area (Å²) in [5, 5.41) is 2.89. The smallest absolute Gasteiger partial charge is 0.251 e. The molecule has 0 aliphatic heterocycles. The molecule has 0 aliphatic rings. The Kier molecular flexibility index (Phi) is 5.00. The van der Waals surface area contributed by atoms with Gasteiger partial charge in [0.1, 0.15) is 0 Å². The average Bonchev–Trinajstić information content (AvgIpc) is 2.67. The normalized spacial score (nSPS) is 10.3. The number of carbonyl (C=O) groups is 2. The Labute approximate surface area is 146 Å². The topological polar surface area (TPSA) is 59.1 Å². The third-order valence-electron chi connectivity index (χ3n) is 3.90. The summed E-state index contributed by atoms with van der Waals surface area (Å²) in [6.07, 6.45) is 3.42. The van der Waals surface area contributed by atoms with Crippen molar-refractivity contribution < 1.29 is 9.59 Å². The van der Waals surface area contributed by atoms with E-state index in [1.54, 1.807) is 31.5 Å². The highest BCUT2D eigenvalue weighted by atomic mass is 16.1. The number of pyridine rings is 1. The predicted molar refractivity (Wildman–Crippen MR) is 97.3 cm³/mol. The van der Waals surface area contributed by atoms with Crippen molar-refractivity contribution in [2.45, 2.75) is 13.5 Å². The maximum atomic E-state index is 12.4. The highest BCUT2D eigenvalue weighted by Crippen LogP contribution is 2.22. The highest BCUT2D eigenvalue weighted by molar-refractivity contribution is 5.97. The lowest BCUT2D eigenvalue weighted by Gasteiger charge is -2.08. The number of benzene rings is 2. The fourth-order valence-electron chi connectivity index (χ4n) is 2.54. The van der Waals surface area contributed by atoms with Crippen LogP contribution in [-0.4, -0.2) is 16.7 Å². The molecule has 4 heteroatoms. The Morgan fingerprint density at radius 2 is 1.60 bits per heavy atom. The van der Waals surface area contributed by atoms with Crippen molar-refractivity contribution in [1.82, 2.24) is 10.3 Å². The summed E-state index contributed by atoms with van der Waals surface area (Å²) in [4.78, 5) is 28.0. The summed E-state index contributed by atoms with van der Waals surface area (Å²) in [7, 11) is 0. The van der Waals surface area contributed by atoms with Crippen LogP contribution in [0.2, 0.25) is 0 Å². The quantitative estimate of drug-likeness (QED) is 0.722. The van der Waals surface area contributed by atoms with Gasteiger partial charge in [0.05, 0.1) is 0 Å². The second-order valence-electron chi connectivity index (χ2n) is 5.76. The Balaban J connectivity index is 1.78. The first-order valence-electron chi connectivity index (χ1n) is 8.02. The standard InChI is InChI=1S/C21H18N2O2/c1-15(24)17-6-2-7-18(11-17)19-8-3-9-20(12-19)21(25)23-14-16-5-4-10-22-13-16/h2-13H,14H2,1H3,(H,23,25). The van der Waals surface area contributed by atoms with E-state index in [1.165, 1.54) is 0 Å². The molecule has 1 amide bonds. The molecule has 2 aromatic carbocycles. The molecular weight excluding hydrogens is 312 g/mol. The molecule has 1 heterocycles. The van der Waals surface area contributed by atoms with E-state index < -0.39 is 0 Å². The Morgan fingerprint density at radius 1 is 0.920 bits per heavy atom. The zero-order chi connectivity index (χ0) is 17.6. The molecular formula is C21H18N2O2. The van der Waals surface area contributed by atoms with Crippen LogP contribution in [0.5, 0.6) is 0 Å². The number of nitrogens with one attached hydrogen (secondary N) is 1. The number of hydrogen-bond donors (Lipinski definition) is 1. The molecule has 1 aromatic heterocycles. The highest BCUT2D eigenvalue weighted by Gasteiger charge is 2.08. The van der Waals surface area contributed by atoms with Crippen molar-refractivity contribution in [2.75, 3.05) is 0 Å². The van der Waals surface area contributed by atoms with E-state index in [1.807, 2.05) is 48.5 Å². The fourth-order valence-corrected chi connectivity index (χ4v) is 2.54. The van der Waals surface area contributed by atoms with E-state index in [4.69, 9.17) is 0 Å². The van der Waals surface area contributed by atoms with Gasteiger partial charge >= 0.3 is 0 Å². The molecule has 1 N–H and O–H groups in total. The van der Waals surface area contributed by atoms with E-state index in [9.17, 15) is 9.59 Å². The summed E-state index contributed by atoms with van der Waals surface area (Å²) in [6.45, 7) is 1.97. The van der Waals surface area contributed by atoms with Crippen LogP contribution in [0.1, 0.15) is 33.2 Å². The number of amides is 1. The number of aromatic nitrogens is 1. The van der Waals surface area contributed by atoms with Crippen molar-refractivity contribution in [3.05, 3.63) is 89.7 Å². The van der Waals surface area contributed by atoms with Gasteiger partial charge in [-0.1, -0.05) is 36.4 Å². The Morgan fingerprint density at radius 3 is 2.24 bits per heavy atom. The van der Waals surface area contributed by atoms with E-state index in [0.29, 0.717) is 17.7 Å². The van der Waals surface area contributed by atoms with E-state index >= 15 is 0 Å². The van der Waals surface area contributed by atoms with Crippen LogP contribution in [0, 0.1) is 0 Å². The van der Waals surface area contributed by atoms with E-state index in [0.717, 1.165) is 16.7 Å². The van der Waals surface area contributed by atoms with Crippen molar-refractivity contribution in [3.8, 4) is 11.1 Å². The van der Waals surface area contributed by atoms with Gasteiger partial charge in [0.25, 0.3) is 5.91 Å². The maximum absolute atomic E-state index is 12.4. The minimum atomic E-state index is -0.145. The molecule has 0 fully saturated rings. The minimum absolute atomic E-state index is 0.0206. The van der Waals surface area contributed by atoms with Gasteiger partial charge in [-0.05, 0) is 47.9 Å². The molecule has 0 radical (unpaired) electrons. The van der Waals surface area contributed by atoms with Gasteiger partial charge in [0.15, 0.2) is 5.78 Å². The third-order valence-corrected chi connectivity index (χ3v) is 3.90. The minimum Gasteiger partial charge on any atom is -0.348 e. The van der Waals surface area contributed by atoms with E-state index in [2.05, 4.69) is 10.3 Å². The molecule has 0 aliphatic carbocycles. The van der Waals surface area contributed by atoms with E-state index in [-0.39, 0.29) is 11.7 Å². The molecule has 0 bridgehead atoms. The maximum Gasteiger partial charge on any atom is 0.251 e. The summed E-state index contributed by atoms with van der Waals surface area (Å²) in [5.74, 6) is -0.124. The van der Waals surface area contributed by atoms with Crippen LogP contribution in [0.4, 0.5) is 0 Å². The van der Waals surface area contributed by atoms with Gasteiger partial charge < -0.3 is 5.32 Å². The monoisotopic (exact) mass is 330 g/mol. The summed E-state index contributed by atoms with van der Waals surface area (Å²) in [6, 6.07) is 18.5. The summed E-state index contributed by atoms with van der Waals surface area (Å²) >= 11 is 0. The zero-order valence-electron chi connectivity index (χ0n) is 13.9. The van der Waals surface area contributed by atoms with Gasteiger partial charge in [-0.3, -0.25) is 14.6 Å². The molecule has 0 saturated carbocycles. The van der Waals surface area contributed by atoms with Crippen LogP contribution >= 0.6 is 0 Å². The molecule has 124 valence electrons. The molecule has 3 rings (SSSR count). The predicted octanol–water partition coefficient (Wildman–Crippen LogP) is 3.88. The van der Waals surface area contributed by atoms with Gasteiger partial charge in [-0.2, -0.15) is 0 Å². The lowest BCUT2D eigenvalue weighted by molar-refractivity contribution is 0.0950. The van der Waals surface area contributed by atoms with Gasteiger partial charge in [0.2, 0.25) is 0 Å². The van der Waals surface area contributed by atoms with Crippen molar-refractivity contribution in [3.63, 3.8) is 0 Å². The van der Waals surface area contributed by atoms with Crippen molar-refractivity contribution in [1.29, 1.82) is 0 Å². The molecule has 0 saturated heterocycles. The molecule has 0 unspecified atom stereocenters. The number of rotatable bonds is 5. The largest absolute Gasteiger partial charge is 0.348 e. The zero-order valence-corrected chi connectivity index (χ0v) is 13.9. The van der Waals surface area contributed by atoms with Crippen molar-refractivity contribution in [2.24, 2.45) is 0 Å². The lowest BCUT2D eigenvalue weighted by atomic mass is 10.00. The van der Waals surface area contributed by atoms with Crippen molar-refractivity contribution >= 4 is 11.7 Å². The molecule has 0 atom stereocenters. The Hall–Kier alpha value is -3.27. The first-order chi connectivity index (χ1) is 12.1. The first-order valence-corrected chi connectivity index (χ1v) is 8.02. The molecule has 4 nitrogen and oxygen atoms in total. The number of hydrogen-bond acceptors (Lipinski definition) is 3. The van der Waals surface area contributed by atoms with Gasteiger partial charge in [-0.15, -0.1) is 0 Å². The van der Waals surface area contributed by atoms with Crippen LogP contribution in [0.3, 0.4) is 0 Å². The molecule has 25 heavy (non-hydrogen) atoms. The third kappa shape index (κ3) is 4.18. The average molecular weight is 330 g/mol. The molecule has 0 spiro atoms. The molecule has 3 aromatic rings. The van der Waals surface area contributed by atoms with Gasteiger partial charge in [0, 0.05) is 30.1 Å². The summed E-state index contributed by atoms with van der Waals surface area (Å²) < 4.78 is 0. The fraction of sp³-hybridized carbons (Fsp3) is 0.0952. The van der Waals surface area contributed by atoms with Crippen LogP contribution < -0.4 is 5.32 Å². The second kappa shape index (κ2) is 7.53.